The normalized spacial score (nSPS) is 25.9. The van der Waals surface area contributed by atoms with Gasteiger partial charge in [-0.3, -0.25) is 9.69 Å². The molecule has 2 unspecified atom stereocenters. The lowest BCUT2D eigenvalue weighted by molar-refractivity contribution is -0.140. The summed E-state index contributed by atoms with van der Waals surface area (Å²) in [6.07, 6.45) is 0.424. The maximum absolute atomic E-state index is 14.9. The van der Waals surface area contributed by atoms with Crippen molar-refractivity contribution in [2.75, 3.05) is 32.1 Å². The van der Waals surface area contributed by atoms with Crippen molar-refractivity contribution >= 4 is 23.6 Å². The lowest BCUT2D eigenvalue weighted by Crippen LogP contribution is -2.58. The number of benzene rings is 1. The minimum absolute atomic E-state index is 0.0150. The van der Waals surface area contributed by atoms with Gasteiger partial charge in [0.15, 0.2) is 5.96 Å². The highest BCUT2D eigenvalue weighted by molar-refractivity contribution is 6.01. The highest BCUT2D eigenvalue weighted by Gasteiger charge is 2.53. The van der Waals surface area contributed by atoms with Gasteiger partial charge in [0.25, 0.3) is 0 Å². The molecular weight excluding hydrogens is 389 g/mol. The number of aliphatic imine (C=N–C) groups is 1. The number of hydrogen-bond acceptors (Lipinski definition) is 6. The van der Waals surface area contributed by atoms with E-state index >= 15 is 0 Å². The Hall–Kier alpha value is -2.84. The van der Waals surface area contributed by atoms with Crippen LogP contribution in [0.15, 0.2) is 23.2 Å². The maximum atomic E-state index is 14.9. The number of nitrogens with two attached hydrogens (primary N) is 1. The molecule has 0 bridgehead atoms. The molecule has 2 amide bonds. The molecule has 164 valence electrons. The zero-order valence-corrected chi connectivity index (χ0v) is 18.2. The van der Waals surface area contributed by atoms with Crippen molar-refractivity contribution in [3.63, 3.8) is 0 Å². The molecule has 0 aliphatic carbocycles. The van der Waals surface area contributed by atoms with Crippen LogP contribution in [0.25, 0.3) is 0 Å². The Morgan fingerprint density at radius 3 is 2.77 bits per heavy atom. The third-order valence-electron chi connectivity index (χ3n) is 6.31. The first-order chi connectivity index (χ1) is 14.0. The van der Waals surface area contributed by atoms with Gasteiger partial charge in [-0.25, -0.2) is 14.2 Å². The van der Waals surface area contributed by atoms with Crippen molar-refractivity contribution in [2.24, 2.45) is 16.1 Å². The average molecular weight is 420 g/mol. The van der Waals surface area contributed by atoms with E-state index in [-0.39, 0.29) is 24.0 Å². The number of ether oxygens (including phenoxy) is 1. The van der Waals surface area contributed by atoms with E-state index in [4.69, 9.17) is 10.5 Å². The van der Waals surface area contributed by atoms with Gasteiger partial charge < -0.3 is 20.7 Å². The van der Waals surface area contributed by atoms with Gasteiger partial charge in [-0.15, -0.1) is 0 Å². The Morgan fingerprint density at radius 1 is 1.40 bits per heavy atom. The van der Waals surface area contributed by atoms with Gasteiger partial charge in [0.1, 0.15) is 11.4 Å². The molecule has 0 aromatic heterocycles. The topological polar surface area (TPSA) is 100 Å². The Balaban J connectivity index is 1.88. The van der Waals surface area contributed by atoms with Crippen molar-refractivity contribution < 1.29 is 18.7 Å². The summed E-state index contributed by atoms with van der Waals surface area (Å²) >= 11 is 0. The number of nitrogens with zero attached hydrogens (tertiary/aromatic N) is 3. The first-order valence-corrected chi connectivity index (χ1v) is 10.1. The molecule has 0 radical (unpaired) electrons. The SMILES string of the molecule is CCOC(=O)N1CCC(Nc2ccc(F)c(C3(C)N=C(N)N(C)C(=O)C3(C)C)c2)C1. The quantitative estimate of drug-likeness (QED) is 0.781. The summed E-state index contributed by atoms with van der Waals surface area (Å²) in [6, 6.07) is 4.71. The zero-order valence-electron chi connectivity index (χ0n) is 18.2. The zero-order chi connectivity index (χ0) is 22.3. The Labute approximate surface area is 176 Å². The molecule has 1 aromatic carbocycles. The Morgan fingerprint density at radius 2 is 2.10 bits per heavy atom. The molecule has 2 heterocycles. The summed E-state index contributed by atoms with van der Waals surface area (Å²) in [6.45, 7) is 8.42. The summed E-state index contributed by atoms with van der Waals surface area (Å²) in [5.74, 6) is -0.624. The largest absolute Gasteiger partial charge is 0.450 e. The lowest BCUT2D eigenvalue weighted by atomic mass is 9.67. The van der Waals surface area contributed by atoms with Crippen molar-refractivity contribution in [1.29, 1.82) is 0 Å². The second-order valence-electron chi connectivity index (χ2n) is 8.50. The Kier molecular flexibility index (Phi) is 5.66. The van der Waals surface area contributed by atoms with Crippen LogP contribution in [0, 0.1) is 11.2 Å². The highest BCUT2D eigenvalue weighted by Crippen LogP contribution is 2.47. The molecule has 0 saturated carbocycles. The monoisotopic (exact) mass is 419 g/mol. The van der Waals surface area contributed by atoms with E-state index in [1.165, 1.54) is 11.0 Å². The van der Waals surface area contributed by atoms with E-state index in [2.05, 4.69) is 10.3 Å². The number of guanidine groups is 1. The van der Waals surface area contributed by atoms with Crippen LogP contribution in [-0.2, 0) is 15.1 Å². The van der Waals surface area contributed by atoms with Crippen molar-refractivity contribution in [2.45, 2.75) is 45.7 Å². The fraction of sp³-hybridized carbons (Fsp3) is 0.571. The van der Waals surface area contributed by atoms with Crippen molar-refractivity contribution in [3.05, 3.63) is 29.6 Å². The molecule has 1 fully saturated rings. The number of nitrogens with one attached hydrogen (secondary N) is 1. The van der Waals surface area contributed by atoms with Crippen LogP contribution >= 0.6 is 0 Å². The fourth-order valence-corrected chi connectivity index (χ4v) is 4.05. The fourth-order valence-electron chi connectivity index (χ4n) is 4.05. The van der Waals surface area contributed by atoms with E-state index in [0.717, 1.165) is 6.42 Å². The summed E-state index contributed by atoms with van der Waals surface area (Å²) in [5.41, 5.74) is 4.77. The van der Waals surface area contributed by atoms with Gasteiger partial charge in [-0.05, 0) is 52.3 Å². The highest BCUT2D eigenvalue weighted by atomic mass is 19.1. The van der Waals surface area contributed by atoms with Crippen LogP contribution in [0.2, 0.25) is 0 Å². The van der Waals surface area contributed by atoms with Crippen molar-refractivity contribution in [1.82, 2.24) is 9.80 Å². The number of rotatable bonds is 4. The second-order valence-corrected chi connectivity index (χ2v) is 8.50. The molecule has 1 saturated heterocycles. The first-order valence-electron chi connectivity index (χ1n) is 10.1. The molecule has 30 heavy (non-hydrogen) atoms. The first kappa shape index (κ1) is 21.9. The van der Waals surface area contributed by atoms with Gasteiger partial charge >= 0.3 is 6.09 Å². The Bertz CT molecular complexity index is 887. The lowest BCUT2D eigenvalue weighted by Gasteiger charge is -2.46. The van der Waals surface area contributed by atoms with E-state index in [9.17, 15) is 14.0 Å². The molecule has 2 atom stereocenters. The second kappa shape index (κ2) is 7.77. The summed E-state index contributed by atoms with van der Waals surface area (Å²) < 4.78 is 20.0. The number of carbonyl (C=O) groups is 2. The van der Waals surface area contributed by atoms with Gasteiger partial charge in [0.05, 0.1) is 12.0 Å². The van der Waals surface area contributed by atoms with E-state index in [0.29, 0.717) is 30.9 Å². The van der Waals surface area contributed by atoms with Gasteiger partial charge in [0, 0.05) is 37.4 Å². The van der Waals surface area contributed by atoms with Gasteiger partial charge in [0.2, 0.25) is 5.91 Å². The summed E-state index contributed by atoms with van der Waals surface area (Å²) in [5, 5.41) is 3.36. The van der Waals surface area contributed by atoms with E-state index < -0.39 is 16.8 Å². The van der Waals surface area contributed by atoms with Gasteiger partial charge in [-0.2, -0.15) is 0 Å². The number of likely N-dealkylation sites (tertiary alicyclic amines) is 1. The molecule has 1 aromatic rings. The number of anilines is 1. The molecule has 2 aliphatic rings. The van der Waals surface area contributed by atoms with Crippen LogP contribution < -0.4 is 11.1 Å². The summed E-state index contributed by atoms with van der Waals surface area (Å²) in [7, 11) is 1.56. The predicted octanol–water partition coefficient (Wildman–Crippen LogP) is 2.50. The van der Waals surface area contributed by atoms with Gasteiger partial charge in [-0.1, -0.05) is 0 Å². The van der Waals surface area contributed by atoms with Crippen LogP contribution in [0.1, 0.15) is 39.7 Å². The molecule has 9 heteroatoms. The van der Waals surface area contributed by atoms with Crippen LogP contribution in [0.3, 0.4) is 0 Å². The number of hydrogen-bond donors (Lipinski definition) is 2. The number of carbonyl (C=O) groups excluding carboxylic acids is 2. The minimum Gasteiger partial charge on any atom is -0.450 e. The molecule has 2 aliphatic heterocycles. The molecule has 3 rings (SSSR count). The average Bonchev–Trinajstić information content (AvgIpc) is 3.15. The van der Waals surface area contributed by atoms with Crippen molar-refractivity contribution in [3.8, 4) is 0 Å². The van der Waals surface area contributed by atoms with Crippen LogP contribution in [-0.4, -0.2) is 60.5 Å². The smallest absolute Gasteiger partial charge is 0.409 e. The molecule has 3 N–H and O–H groups in total. The van der Waals surface area contributed by atoms with Crippen LogP contribution in [0.4, 0.5) is 14.9 Å². The van der Waals surface area contributed by atoms with Crippen LogP contribution in [0.5, 0.6) is 0 Å². The number of halogens is 1. The molecule has 8 nitrogen and oxygen atoms in total. The number of amides is 2. The summed E-state index contributed by atoms with van der Waals surface area (Å²) in [4.78, 5) is 32.2. The standard InChI is InChI=1S/C21H30FN5O3/c1-6-30-19(29)27-10-9-14(12-27)24-13-7-8-16(22)15(11-13)21(4)20(2,3)17(28)26(5)18(23)25-21/h7-8,11,14,24H,6,9-10,12H2,1-5H3,(H2,23,25). The van der Waals surface area contributed by atoms with E-state index in [1.54, 1.807) is 51.8 Å². The third kappa shape index (κ3) is 3.57. The molecule has 0 spiro atoms. The maximum Gasteiger partial charge on any atom is 0.409 e. The predicted molar refractivity (Wildman–Crippen MR) is 113 cm³/mol. The third-order valence-corrected chi connectivity index (χ3v) is 6.31. The minimum atomic E-state index is -1.17. The van der Waals surface area contributed by atoms with E-state index in [1.807, 2.05) is 0 Å². The molecular formula is C21H30FN5O3.